The minimum absolute atomic E-state index is 0.417. The van der Waals surface area contributed by atoms with Gasteiger partial charge in [0, 0.05) is 4.90 Å². The molecule has 0 aliphatic heterocycles. The average molecular weight is 180 g/mol. The highest BCUT2D eigenvalue weighted by molar-refractivity contribution is 7.98. The third kappa shape index (κ3) is 1.20. The summed E-state index contributed by atoms with van der Waals surface area (Å²) in [7, 11) is 0. The van der Waals surface area contributed by atoms with Crippen LogP contribution in [0.15, 0.2) is 17.0 Å². The Morgan fingerprint density at radius 1 is 1.33 bits per heavy atom. The number of phenols is 1. The lowest BCUT2D eigenvalue weighted by molar-refractivity contribution is 0.473. The van der Waals surface area contributed by atoms with Crippen LogP contribution in [0.25, 0.3) is 0 Å². The number of aromatic hydroxyl groups is 1. The molecule has 0 bridgehead atoms. The SMILES string of the molecule is CSc1cc(O)cc2c1CCC2. The molecular weight excluding hydrogens is 168 g/mol. The first-order chi connectivity index (χ1) is 5.81. The van der Waals surface area contributed by atoms with Crippen LogP contribution in [0.5, 0.6) is 5.75 Å². The van der Waals surface area contributed by atoms with Crippen LogP contribution in [-0.4, -0.2) is 11.4 Å². The van der Waals surface area contributed by atoms with E-state index >= 15 is 0 Å². The second kappa shape index (κ2) is 3.02. The molecule has 2 heteroatoms. The number of thioether (sulfide) groups is 1. The third-order valence-corrected chi connectivity index (χ3v) is 3.18. The van der Waals surface area contributed by atoms with Gasteiger partial charge in [-0.1, -0.05) is 0 Å². The summed E-state index contributed by atoms with van der Waals surface area (Å²) in [6, 6.07) is 3.77. The number of rotatable bonds is 1. The van der Waals surface area contributed by atoms with Gasteiger partial charge in [0.2, 0.25) is 0 Å². The zero-order chi connectivity index (χ0) is 8.55. The molecule has 1 aromatic rings. The molecule has 0 aromatic heterocycles. The molecule has 2 rings (SSSR count). The molecule has 0 fully saturated rings. The van der Waals surface area contributed by atoms with Gasteiger partial charge in [0.25, 0.3) is 0 Å². The lowest BCUT2D eigenvalue weighted by Crippen LogP contribution is -1.85. The standard InChI is InChI=1S/C10H12OS/c1-12-10-6-8(11)5-7-3-2-4-9(7)10/h5-6,11H,2-4H2,1H3. The Morgan fingerprint density at radius 2 is 2.17 bits per heavy atom. The summed E-state index contributed by atoms with van der Waals surface area (Å²) in [6.45, 7) is 0. The fraction of sp³-hybridized carbons (Fsp3) is 0.400. The first-order valence-electron chi connectivity index (χ1n) is 4.20. The van der Waals surface area contributed by atoms with Gasteiger partial charge in [0.05, 0.1) is 0 Å². The van der Waals surface area contributed by atoms with Gasteiger partial charge in [0.1, 0.15) is 5.75 Å². The van der Waals surface area contributed by atoms with Crippen molar-refractivity contribution in [3.63, 3.8) is 0 Å². The molecule has 0 spiro atoms. The van der Waals surface area contributed by atoms with E-state index in [9.17, 15) is 5.11 Å². The fourth-order valence-corrected chi connectivity index (χ4v) is 2.55. The van der Waals surface area contributed by atoms with E-state index in [0.29, 0.717) is 5.75 Å². The highest BCUT2D eigenvalue weighted by Crippen LogP contribution is 2.34. The molecule has 1 nitrogen and oxygen atoms in total. The lowest BCUT2D eigenvalue weighted by atomic mass is 10.1. The van der Waals surface area contributed by atoms with Crippen molar-refractivity contribution in [1.82, 2.24) is 0 Å². The molecular formula is C10H12OS. The Labute approximate surface area is 76.8 Å². The molecule has 1 aromatic carbocycles. The summed E-state index contributed by atoms with van der Waals surface area (Å²) >= 11 is 1.73. The molecule has 64 valence electrons. The molecule has 0 saturated carbocycles. The second-order valence-corrected chi connectivity index (χ2v) is 3.99. The fourth-order valence-electron chi connectivity index (χ4n) is 1.83. The van der Waals surface area contributed by atoms with Crippen LogP contribution in [0.3, 0.4) is 0 Å². The zero-order valence-corrected chi connectivity index (χ0v) is 7.95. The predicted molar refractivity (Wildman–Crippen MR) is 51.9 cm³/mol. The van der Waals surface area contributed by atoms with Crippen molar-refractivity contribution < 1.29 is 5.11 Å². The Morgan fingerprint density at radius 3 is 2.92 bits per heavy atom. The molecule has 1 aliphatic rings. The number of phenolic OH excluding ortho intramolecular Hbond substituents is 1. The number of hydrogen-bond acceptors (Lipinski definition) is 2. The highest BCUT2D eigenvalue weighted by Gasteiger charge is 2.15. The van der Waals surface area contributed by atoms with Crippen molar-refractivity contribution >= 4 is 11.8 Å². The van der Waals surface area contributed by atoms with Gasteiger partial charge in [-0.3, -0.25) is 0 Å². The van der Waals surface area contributed by atoms with Gasteiger partial charge >= 0.3 is 0 Å². The van der Waals surface area contributed by atoms with Crippen molar-refractivity contribution in [2.45, 2.75) is 24.2 Å². The Kier molecular flexibility index (Phi) is 2.01. The number of hydrogen-bond donors (Lipinski definition) is 1. The summed E-state index contributed by atoms with van der Waals surface area (Å²) in [4.78, 5) is 1.25. The van der Waals surface area contributed by atoms with Gasteiger partial charge < -0.3 is 5.11 Å². The van der Waals surface area contributed by atoms with E-state index in [-0.39, 0.29) is 0 Å². The van der Waals surface area contributed by atoms with Gasteiger partial charge in [-0.2, -0.15) is 0 Å². The van der Waals surface area contributed by atoms with Crippen molar-refractivity contribution in [3.8, 4) is 5.75 Å². The Balaban J connectivity index is 2.55. The van der Waals surface area contributed by atoms with Crippen LogP contribution in [0.4, 0.5) is 0 Å². The van der Waals surface area contributed by atoms with E-state index in [2.05, 4.69) is 6.26 Å². The third-order valence-electron chi connectivity index (χ3n) is 2.38. The maximum atomic E-state index is 9.40. The van der Waals surface area contributed by atoms with Crippen LogP contribution >= 0.6 is 11.8 Å². The zero-order valence-electron chi connectivity index (χ0n) is 7.13. The number of aryl methyl sites for hydroxylation is 1. The minimum Gasteiger partial charge on any atom is -0.508 e. The van der Waals surface area contributed by atoms with Crippen molar-refractivity contribution in [2.24, 2.45) is 0 Å². The molecule has 12 heavy (non-hydrogen) atoms. The van der Waals surface area contributed by atoms with Crippen LogP contribution in [0.2, 0.25) is 0 Å². The van der Waals surface area contributed by atoms with Gasteiger partial charge in [-0.25, -0.2) is 0 Å². The summed E-state index contributed by atoms with van der Waals surface area (Å²) in [5, 5.41) is 9.40. The first kappa shape index (κ1) is 7.99. The quantitative estimate of drug-likeness (QED) is 0.670. The highest BCUT2D eigenvalue weighted by atomic mass is 32.2. The Bertz CT molecular complexity index is 307. The van der Waals surface area contributed by atoms with Crippen LogP contribution in [-0.2, 0) is 12.8 Å². The van der Waals surface area contributed by atoms with E-state index in [1.807, 2.05) is 12.1 Å². The van der Waals surface area contributed by atoms with E-state index in [1.54, 1.807) is 11.8 Å². The normalized spacial score (nSPS) is 14.8. The maximum absolute atomic E-state index is 9.40. The molecule has 0 saturated heterocycles. The largest absolute Gasteiger partial charge is 0.508 e. The van der Waals surface area contributed by atoms with Crippen LogP contribution < -0.4 is 0 Å². The van der Waals surface area contributed by atoms with Crippen molar-refractivity contribution in [2.75, 3.05) is 6.26 Å². The van der Waals surface area contributed by atoms with Gasteiger partial charge in [-0.15, -0.1) is 11.8 Å². The number of benzene rings is 1. The lowest BCUT2D eigenvalue weighted by Gasteiger charge is -2.05. The summed E-state index contributed by atoms with van der Waals surface area (Å²) < 4.78 is 0. The molecule has 0 atom stereocenters. The topological polar surface area (TPSA) is 20.2 Å². The molecule has 0 radical (unpaired) electrons. The van der Waals surface area contributed by atoms with Gasteiger partial charge in [-0.05, 0) is 48.8 Å². The second-order valence-electron chi connectivity index (χ2n) is 3.14. The van der Waals surface area contributed by atoms with Gasteiger partial charge in [0.15, 0.2) is 0 Å². The average Bonchev–Trinajstić information content (AvgIpc) is 2.50. The maximum Gasteiger partial charge on any atom is 0.116 e. The van der Waals surface area contributed by atoms with Crippen molar-refractivity contribution in [3.05, 3.63) is 23.3 Å². The first-order valence-corrected chi connectivity index (χ1v) is 5.42. The summed E-state index contributed by atoms with van der Waals surface area (Å²) in [5.41, 5.74) is 2.81. The monoisotopic (exact) mass is 180 g/mol. The van der Waals surface area contributed by atoms with E-state index in [4.69, 9.17) is 0 Å². The molecule has 0 heterocycles. The summed E-state index contributed by atoms with van der Waals surface area (Å²) in [5.74, 6) is 0.417. The minimum atomic E-state index is 0.417. The van der Waals surface area contributed by atoms with Crippen molar-refractivity contribution in [1.29, 1.82) is 0 Å². The Hall–Kier alpha value is -0.630. The van der Waals surface area contributed by atoms with E-state index in [1.165, 1.54) is 28.9 Å². The number of fused-ring (bicyclic) bond motifs is 1. The molecule has 0 amide bonds. The molecule has 1 N–H and O–H groups in total. The summed E-state index contributed by atoms with van der Waals surface area (Å²) in [6.07, 6.45) is 5.63. The predicted octanol–water partition coefficient (Wildman–Crippen LogP) is 2.60. The smallest absolute Gasteiger partial charge is 0.116 e. The molecule has 1 aliphatic carbocycles. The van der Waals surface area contributed by atoms with E-state index < -0.39 is 0 Å². The molecule has 0 unspecified atom stereocenters. The van der Waals surface area contributed by atoms with Crippen LogP contribution in [0.1, 0.15) is 17.5 Å². The van der Waals surface area contributed by atoms with Crippen LogP contribution in [0, 0.1) is 0 Å². The van der Waals surface area contributed by atoms with E-state index in [0.717, 1.165) is 6.42 Å².